The number of thiazole rings is 1. The van der Waals surface area contributed by atoms with Gasteiger partial charge in [-0.2, -0.15) is 0 Å². The lowest BCUT2D eigenvalue weighted by molar-refractivity contribution is 0.0789. The van der Waals surface area contributed by atoms with Crippen LogP contribution < -0.4 is 11.3 Å². The predicted octanol–water partition coefficient (Wildman–Crippen LogP) is 5.89. The molecule has 1 fully saturated rings. The number of hydrogen-bond donors (Lipinski definition) is 1. The maximum absolute atomic E-state index is 14.2. The number of aryl methyl sites for hydroxylation is 2. The number of hydrogen-bond acceptors (Lipinski definition) is 5. The zero-order valence-corrected chi connectivity index (χ0v) is 23.4. The quantitative estimate of drug-likeness (QED) is 0.327. The number of pyridine rings is 1. The van der Waals surface area contributed by atoms with Crippen LogP contribution in [0.2, 0.25) is 5.02 Å². The molecule has 2 aromatic heterocycles. The summed E-state index contributed by atoms with van der Waals surface area (Å²) >= 11 is 7.46. The van der Waals surface area contributed by atoms with Crippen LogP contribution in [0.5, 0.6) is 0 Å². The Balaban J connectivity index is 1.74. The monoisotopic (exact) mass is 546 g/mol. The van der Waals surface area contributed by atoms with Gasteiger partial charge in [-0.3, -0.25) is 14.2 Å². The molecule has 38 heavy (non-hydrogen) atoms. The van der Waals surface area contributed by atoms with Crippen molar-refractivity contribution in [3.8, 4) is 27.5 Å². The van der Waals surface area contributed by atoms with Crippen molar-refractivity contribution in [2.24, 2.45) is 5.73 Å². The first-order chi connectivity index (χ1) is 18.3. The van der Waals surface area contributed by atoms with Gasteiger partial charge in [0, 0.05) is 40.8 Å². The lowest BCUT2D eigenvalue weighted by Gasteiger charge is -2.23. The fraction of sp³-hybridized carbons (Fsp3) is 0.300. The van der Waals surface area contributed by atoms with Crippen molar-refractivity contribution < 1.29 is 4.79 Å². The normalized spacial score (nSPS) is 15.3. The summed E-state index contributed by atoms with van der Waals surface area (Å²) in [5.41, 5.74) is 12.2. The molecule has 0 saturated carbocycles. The molecule has 196 valence electrons. The molecule has 0 radical (unpaired) electrons. The second-order valence-electron chi connectivity index (χ2n) is 9.67. The van der Waals surface area contributed by atoms with E-state index in [0.717, 1.165) is 47.3 Å². The van der Waals surface area contributed by atoms with Crippen LogP contribution in [0.15, 0.2) is 58.7 Å². The molecule has 4 aromatic rings. The largest absolute Gasteiger partial charge is 0.337 e. The molecule has 0 aliphatic carbocycles. The van der Waals surface area contributed by atoms with Crippen LogP contribution in [0, 0.1) is 6.92 Å². The summed E-state index contributed by atoms with van der Waals surface area (Å²) in [7, 11) is 0. The topological polar surface area (TPSA) is 81.2 Å². The third-order valence-corrected chi connectivity index (χ3v) is 8.38. The fourth-order valence-electron chi connectivity index (χ4n) is 5.14. The highest BCUT2D eigenvalue weighted by atomic mass is 35.5. The van der Waals surface area contributed by atoms with Gasteiger partial charge < -0.3 is 10.6 Å². The summed E-state index contributed by atoms with van der Waals surface area (Å²) in [5.74, 6) is -0.105. The van der Waals surface area contributed by atoms with Gasteiger partial charge in [0.2, 0.25) is 0 Å². The summed E-state index contributed by atoms with van der Waals surface area (Å²) < 4.78 is 1.74. The molecule has 1 aliphatic rings. The Kier molecular flexibility index (Phi) is 7.52. The average Bonchev–Trinajstić information content (AvgIpc) is 3.58. The Morgan fingerprint density at radius 2 is 1.82 bits per heavy atom. The number of carbonyl (C=O) groups excluding carboxylic acids is 1. The zero-order valence-electron chi connectivity index (χ0n) is 21.8. The van der Waals surface area contributed by atoms with Gasteiger partial charge in [0.25, 0.3) is 11.5 Å². The highest BCUT2D eigenvalue weighted by Gasteiger charge is 2.29. The molecular weight excluding hydrogens is 516 g/mol. The van der Waals surface area contributed by atoms with E-state index in [1.165, 1.54) is 11.3 Å². The van der Waals surface area contributed by atoms with Gasteiger partial charge in [-0.05, 0) is 55.5 Å². The maximum atomic E-state index is 14.2. The van der Waals surface area contributed by atoms with Gasteiger partial charge in [0.1, 0.15) is 5.01 Å². The number of aromatic nitrogens is 2. The lowest BCUT2D eigenvalue weighted by Crippen LogP contribution is -2.34. The number of para-hydroxylation sites is 1. The van der Waals surface area contributed by atoms with Crippen LogP contribution in [0.1, 0.15) is 47.4 Å². The van der Waals surface area contributed by atoms with Gasteiger partial charge >= 0.3 is 0 Å². The Morgan fingerprint density at radius 1 is 1.13 bits per heavy atom. The number of rotatable bonds is 6. The molecule has 1 aliphatic heterocycles. The zero-order chi connectivity index (χ0) is 27.0. The first-order valence-electron chi connectivity index (χ1n) is 13.0. The Morgan fingerprint density at radius 3 is 2.42 bits per heavy atom. The molecular formula is C30H31ClN4O2S. The van der Waals surface area contributed by atoms with E-state index in [-0.39, 0.29) is 17.5 Å². The predicted molar refractivity (Wildman–Crippen MR) is 156 cm³/mol. The van der Waals surface area contributed by atoms with Gasteiger partial charge in [-0.1, -0.05) is 55.8 Å². The average molecular weight is 547 g/mol. The first-order valence-corrected chi connectivity index (χ1v) is 14.2. The van der Waals surface area contributed by atoms with Gasteiger partial charge in [0.05, 0.1) is 22.5 Å². The molecule has 5 rings (SSSR count). The minimum absolute atomic E-state index is 0.0296. The van der Waals surface area contributed by atoms with Crippen molar-refractivity contribution in [2.45, 2.75) is 46.1 Å². The van der Waals surface area contributed by atoms with E-state index in [2.05, 4.69) is 26.0 Å². The number of nitrogens with zero attached hydrogens (tertiary/aromatic N) is 3. The minimum atomic E-state index is -0.176. The standard InChI is InChI=1S/C30H31ClN4O2S/c1-4-19-7-6-8-20(5-2)27(19)35-18(3)24(29(36)34-14-13-23(32)16-34)15-25(30(35)37)28-33-26(17-38-28)21-9-11-22(31)12-10-21/h6-12,15,17,23H,4-5,13-14,16,32H2,1-3H3. The molecule has 8 heteroatoms. The van der Waals surface area contributed by atoms with E-state index < -0.39 is 0 Å². The van der Waals surface area contributed by atoms with Crippen LogP contribution in [0.3, 0.4) is 0 Å². The van der Waals surface area contributed by atoms with Crippen LogP contribution in [-0.4, -0.2) is 39.5 Å². The summed E-state index contributed by atoms with van der Waals surface area (Å²) in [6.07, 6.45) is 2.30. The second-order valence-corrected chi connectivity index (χ2v) is 11.0. The van der Waals surface area contributed by atoms with E-state index in [1.807, 2.05) is 42.6 Å². The van der Waals surface area contributed by atoms with Crippen molar-refractivity contribution in [1.82, 2.24) is 14.5 Å². The molecule has 2 N–H and O–H groups in total. The lowest BCUT2D eigenvalue weighted by atomic mass is 10.0. The van der Waals surface area contributed by atoms with E-state index >= 15 is 0 Å². The summed E-state index contributed by atoms with van der Waals surface area (Å²) in [6.45, 7) is 7.15. The molecule has 6 nitrogen and oxygen atoms in total. The molecule has 1 atom stereocenters. The van der Waals surface area contributed by atoms with Crippen LogP contribution >= 0.6 is 22.9 Å². The van der Waals surface area contributed by atoms with Crippen molar-refractivity contribution in [3.05, 3.63) is 91.7 Å². The van der Waals surface area contributed by atoms with Crippen molar-refractivity contribution in [2.75, 3.05) is 13.1 Å². The third-order valence-electron chi connectivity index (χ3n) is 7.25. The van der Waals surface area contributed by atoms with Gasteiger partial charge in [-0.15, -0.1) is 11.3 Å². The van der Waals surface area contributed by atoms with Crippen molar-refractivity contribution in [3.63, 3.8) is 0 Å². The van der Waals surface area contributed by atoms with Crippen LogP contribution in [0.25, 0.3) is 27.5 Å². The number of carbonyl (C=O) groups is 1. The van der Waals surface area contributed by atoms with E-state index in [4.69, 9.17) is 22.3 Å². The molecule has 0 bridgehead atoms. The van der Waals surface area contributed by atoms with Crippen LogP contribution in [0.4, 0.5) is 0 Å². The molecule has 2 aromatic carbocycles. The highest BCUT2D eigenvalue weighted by Crippen LogP contribution is 2.31. The third kappa shape index (κ3) is 4.82. The minimum Gasteiger partial charge on any atom is -0.337 e. The smallest absolute Gasteiger partial charge is 0.265 e. The van der Waals surface area contributed by atoms with Gasteiger partial charge in [0.15, 0.2) is 0 Å². The summed E-state index contributed by atoms with van der Waals surface area (Å²) in [4.78, 5) is 34.6. The van der Waals surface area contributed by atoms with E-state index in [9.17, 15) is 9.59 Å². The van der Waals surface area contributed by atoms with Crippen molar-refractivity contribution >= 4 is 28.8 Å². The fourth-order valence-corrected chi connectivity index (χ4v) is 6.10. The Labute approximate surface area is 231 Å². The first kappa shape index (κ1) is 26.4. The number of halogens is 1. The molecule has 3 heterocycles. The number of likely N-dealkylation sites (tertiary alicyclic amines) is 1. The summed E-state index contributed by atoms with van der Waals surface area (Å²) in [5, 5.41) is 3.16. The molecule has 1 saturated heterocycles. The molecule has 1 amide bonds. The number of benzene rings is 2. The molecule has 0 spiro atoms. The van der Waals surface area contributed by atoms with Crippen LogP contribution in [-0.2, 0) is 12.8 Å². The number of nitrogens with two attached hydrogens (primary N) is 1. The van der Waals surface area contributed by atoms with E-state index in [1.54, 1.807) is 15.5 Å². The Bertz CT molecular complexity index is 1540. The number of amides is 1. The van der Waals surface area contributed by atoms with E-state index in [0.29, 0.717) is 39.9 Å². The second kappa shape index (κ2) is 10.8. The Hall–Kier alpha value is -3.26. The molecule has 1 unspecified atom stereocenters. The van der Waals surface area contributed by atoms with Gasteiger partial charge in [-0.25, -0.2) is 4.98 Å². The summed E-state index contributed by atoms with van der Waals surface area (Å²) in [6, 6.07) is 15.3. The SMILES string of the molecule is CCc1cccc(CC)c1-n1c(C)c(C(=O)N2CCC(N)C2)cc(-c2nc(-c3ccc(Cl)cc3)cs2)c1=O. The highest BCUT2D eigenvalue weighted by molar-refractivity contribution is 7.13. The maximum Gasteiger partial charge on any atom is 0.265 e. The van der Waals surface area contributed by atoms with Crippen molar-refractivity contribution in [1.29, 1.82) is 0 Å².